The Bertz CT molecular complexity index is 1260. The molecule has 0 N–H and O–H groups in total. The van der Waals surface area contributed by atoms with Gasteiger partial charge in [-0.15, -0.1) is 0 Å². The number of sulfone groups is 1. The number of carbonyl (C=O) groups excluding carboxylic acids is 2. The fourth-order valence-corrected chi connectivity index (χ4v) is 4.89. The summed E-state index contributed by atoms with van der Waals surface area (Å²) in [5, 5.41) is 1.11. The first-order valence-corrected chi connectivity index (χ1v) is 11.7. The highest BCUT2D eigenvalue weighted by atomic mass is 32.2. The van der Waals surface area contributed by atoms with E-state index in [0.717, 1.165) is 16.7 Å². The number of rotatable bonds is 6. The molecule has 1 atom stereocenters. The Hall–Kier alpha value is -3.65. The minimum Gasteiger partial charge on any atom is -0.452 e. The maximum Gasteiger partial charge on any atom is 0.338 e. The van der Waals surface area contributed by atoms with Gasteiger partial charge < -0.3 is 14.2 Å². The summed E-state index contributed by atoms with van der Waals surface area (Å²) in [5.74, 6) is -1.34. The Morgan fingerprint density at radius 2 is 1.78 bits per heavy atom. The number of para-hydroxylation sites is 1. The second kappa shape index (κ2) is 8.84. The third-order valence-corrected chi connectivity index (χ3v) is 6.58. The van der Waals surface area contributed by atoms with Gasteiger partial charge in [0.1, 0.15) is 0 Å². The van der Waals surface area contributed by atoms with Crippen molar-refractivity contribution in [1.82, 2.24) is 4.57 Å². The number of esters is 1. The molecule has 7 nitrogen and oxygen atoms in total. The van der Waals surface area contributed by atoms with Crippen molar-refractivity contribution in [2.24, 2.45) is 0 Å². The Balaban J connectivity index is 1.51. The molecule has 32 heavy (non-hydrogen) atoms. The second-order valence-electron chi connectivity index (χ2n) is 7.49. The van der Waals surface area contributed by atoms with Gasteiger partial charge in [0, 0.05) is 29.2 Å². The summed E-state index contributed by atoms with van der Waals surface area (Å²) in [6, 6.07) is 17.0. The lowest BCUT2D eigenvalue weighted by molar-refractivity contribution is -0.121. The molecule has 1 unspecified atom stereocenters. The third kappa shape index (κ3) is 4.65. The van der Waals surface area contributed by atoms with E-state index in [9.17, 15) is 18.0 Å². The van der Waals surface area contributed by atoms with Crippen LogP contribution in [0.1, 0.15) is 15.9 Å². The highest BCUT2D eigenvalue weighted by Crippen LogP contribution is 2.23. The topological polar surface area (TPSA) is 85.7 Å². The zero-order chi connectivity index (χ0) is 22.7. The molecule has 4 rings (SSSR count). The van der Waals surface area contributed by atoms with Gasteiger partial charge >= 0.3 is 5.97 Å². The van der Waals surface area contributed by atoms with Crippen molar-refractivity contribution in [2.45, 2.75) is 13.0 Å². The Labute approximate surface area is 186 Å². The molecule has 0 saturated heterocycles. The number of aromatic nitrogens is 1. The molecular weight excluding hydrogens is 428 g/mol. The first kappa shape index (κ1) is 21.6. The number of benzene rings is 2. The first-order chi connectivity index (χ1) is 15.3. The summed E-state index contributed by atoms with van der Waals surface area (Å²) in [4.78, 5) is 27.0. The van der Waals surface area contributed by atoms with Crippen molar-refractivity contribution < 1.29 is 22.7 Å². The Morgan fingerprint density at radius 1 is 1.06 bits per heavy atom. The average Bonchev–Trinajstić information content (AvgIpc) is 3.43. The van der Waals surface area contributed by atoms with Crippen LogP contribution in [0.5, 0.6) is 0 Å². The fourth-order valence-electron chi connectivity index (χ4n) is 3.62. The van der Waals surface area contributed by atoms with E-state index in [2.05, 4.69) is 0 Å². The van der Waals surface area contributed by atoms with Crippen molar-refractivity contribution in [1.29, 1.82) is 0 Å². The van der Waals surface area contributed by atoms with E-state index >= 15 is 0 Å². The van der Waals surface area contributed by atoms with Crippen LogP contribution in [0.15, 0.2) is 84.5 Å². The first-order valence-electron chi connectivity index (χ1n) is 10.0. The summed E-state index contributed by atoms with van der Waals surface area (Å²) in [6.45, 7) is 1.43. The van der Waals surface area contributed by atoms with Crippen LogP contribution in [-0.4, -0.2) is 43.3 Å². The number of carbonyl (C=O) groups is 2. The van der Waals surface area contributed by atoms with Crippen molar-refractivity contribution >= 4 is 27.4 Å². The predicted molar refractivity (Wildman–Crippen MR) is 121 cm³/mol. The van der Waals surface area contributed by atoms with Crippen molar-refractivity contribution in [3.05, 3.63) is 95.7 Å². The van der Waals surface area contributed by atoms with Crippen molar-refractivity contribution in [3.63, 3.8) is 0 Å². The summed E-state index contributed by atoms with van der Waals surface area (Å²) in [6.07, 6.45) is 5.23. The van der Waals surface area contributed by atoms with E-state index < -0.39 is 34.4 Å². The number of hydrogen-bond donors (Lipinski definition) is 0. The molecule has 0 aliphatic carbocycles. The van der Waals surface area contributed by atoms with Gasteiger partial charge in [0.15, 0.2) is 16.4 Å². The summed E-state index contributed by atoms with van der Waals surface area (Å²) in [5.41, 5.74) is 2.67. The number of anilines is 1. The molecule has 0 fully saturated rings. The average molecular weight is 451 g/mol. The lowest BCUT2D eigenvalue weighted by Crippen LogP contribution is -2.43. The number of aryl methyl sites for hydroxylation is 1. The molecule has 1 aliphatic heterocycles. The molecule has 0 bridgehead atoms. The minimum atomic E-state index is -3.37. The quantitative estimate of drug-likeness (QED) is 0.538. The van der Waals surface area contributed by atoms with Gasteiger partial charge in [0.2, 0.25) is 0 Å². The van der Waals surface area contributed by atoms with Gasteiger partial charge in [-0.2, -0.15) is 0 Å². The van der Waals surface area contributed by atoms with Crippen LogP contribution in [0.3, 0.4) is 0 Å². The molecule has 2 aromatic carbocycles. The number of ether oxygens (including phenoxy) is 1. The van der Waals surface area contributed by atoms with E-state index in [-0.39, 0.29) is 5.75 Å². The van der Waals surface area contributed by atoms with Crippen molar-refractivity contribution in [2.75, 3.05) is 17.3 Å². The van der Waals surface area contributed by atoms with Crippen LogP contribution in [0.2, 0.25) is 0 Å². The van der Waals surface area contributed by atoms with E-state index in [1.165, 1.54) is 11.0 Å². The van der Waals surface area contributed by atoms with Gasteiger partial charge in [-0.1, -0.05) is 24.3 Å². The normalized spacial score (nSPS) is 16.6. The van der Waals surface area contributed by atoms with Crippen LogP contribution in [-0.2, 0) is 19.4 Å². The maximum atomic E-state index is 13.0. The smallest absolute Gasteiger partial charge is 0.338 e. The Kier molecular flexibility index (Phi) is 5.96. The summed E-state index contributed by atoms with van der Waals surface area (Å²) in [7, 11) is -3.37. The van der Waals surface area contributed by atoms with Crippen LogP contribution >= 0.6 is 0 Å². The number of amides is 1. The highest BCUT2D eigenvalue weighted by Gasteiger charge is 2.31. The monoisotopic (exact) mass is 450 g/mol. The van der Waals surface area contributed by atoms with Crippen LogP contribution in [0, 0.1) is 6.92 Å². The molecule has 8 heteroatoms. The molecule has 0 saturated carbocycles. The number of hydrogen-bond acceptors (Lipinski definition) is 5. The van der Waals surface area contributed by atoms with E-state index in [4.69, 9.17) is 4.74 Å². The SMILES string of the molecule is Cc1ccc(C(=O)OCC(=O)N(c2ccccc2)C2C=CS(=O)(=O)C2)cc1-n1cccc1. The lowest BCUT2D eigenvalue weighted by atomic mass is 10.1. The van der Waals surface area contributed by atoms with Crippen LogP contribution in [0.4, 0.5) is 5.69 Å². The molecule has 1 amide bonds. The van der Waals surface area contributed by atoms with Gasteiger partial charge in [-0.3, -0.25) is 4.79 Å². The number of nitrogens with zero attached hydrogens (tertiary/aromatic N) is 2. The zero-order valence-corrected chi connectivity index (χ0v) is 18.2. The Morgan fingerprint density at radius 3 is 2.44 bits per heavy atom. The fraction of sp³-hybridized carbons (Fsp3) is 0.167. The van der Waals surface area contributed by atoms with E-state index in [1.807, 2.05) is 42.1 Å². The standard InChI is InChI=1S/C24H22N2O5S/c1-18-9-10-19(15-22(18)25-12-5-6-13-25)24(28)31-16-23(27)26(20-7-3-2-4-8-20)21-11-14-32(29,30)17-21/h2-15,21H,16-17H2,1H3. The molecule has 164 valence electrons. The van der Waals surface area contributed by atoms with Crippen molar-refractivity contribution in [3.8, 4) is 5.69 Å². The van der Waals surface area contributed by atoms with Gasteiger partial charge in [0.05, 0.1) is 17.4 Å². The molecule has 0 radical (unpaired) electrons. The maximum absolute atomic E-state index is 13.0. The second-order valence-corrected chi connectivity index (χ2v) is 9.42. The summed E-state index contributed by atoms with van der Waals surface area (Å²) >= 11 is 0. The molecule has 1 aliphatic rings. The molecule has 3 aromatic rings. The van der Waals surface area contributed by atoms with Crippen LogP contribution < -0.4 is 4.90 Å². The highest BCUT2D eigenvalue weighted by molar-refractivity contribution is 7.94. The van der Waals surface area contributed by atoms with Gasteiger partial charge in [-0.05, 0) is 55.0 Å². The van der Waals surface area contributed by atoms with Crippen LogP contribution in [0.25, 0.3) is 5.69 Å². The van der Waals surface area contributed by atoms with E-state index in [0.29, 0.717) is 11.3 Å². The van der Waals surface area contributed by atoms with E-state index in [1.54, 1.807) is 42.5 Å². The van der Waals surface area contributed by atoms with Gasteiger partial charge in [-0.25, -0.2) is 13.2 Å². The van der Waals surface area contributed by atoms with Gasteiger partial charge in [0.25, 0.3) is 5.91 Å². The zero-order valence-electron chi connectivity index (χ0n) is 17.4. The molecule has 0 spiro atoms. The third-order valence-electron chi connectivity index (χ3n) is 5.20. The summed E-state index contributed by atoms with van der Waals surface area (Å²) < 4.78 is 31.0. The molecular formula is C24H22N2O5S. The largest absolute Gasteiger partial charge is 0.452 e. The molecule has 2 heterocycles. The lowest BCUT2D eigenvalue weighted by Gasteiger charge is -2.27. The predicted octanol–water partition coefficient (Wildman–Crippen LogP) is 3.29. The molecule has 1 aromatic heterocycles. The minimum absolute atomic E-state index is 0.209.